The Morgan fingerprint density at radius 2 is 1.83 bits per heavy atom. The number of rotatable bonds is 5. The Morgan fingerprint density at radius 3 is 2.41 bits per heavy atom. The van der Waals surface area contributed by atoms with Gasteiger partial charge in [-0.1, -0.05) is 12.1 Å². The van der Waals surface area contributed by atoms with Gasteiger partial charge in [0.1, 0.15) is 11.5 Å². The number of carbonyl (C=O) groups is 1. The highest BCUT2D eigenvalue weighted by atomic mass is 16.2. The fourth-order valence-corrected chi connectivity index (χ4v) is 3.46. The van der Waals surface area contributed by atoms with E-state index in [1.54, 1.807) is 24.7 Å². The van der Waals surface area contributed by atoms with Gasteiger partial charge in [0.2, 0.25) is 0 Å². The number of H-pyrrole nitrogens is 1. The molecule has 1 saturated heterocycles. The summed E-state index contributed by atoms with van der Waals surface area (Å²) in [7, 11) is 4.09. The van der Waals surface area contributed by atoms with Crippen molar-refractivity contribution in [2.24, 2.45) is 0 Å². The van der Waals surface area contributed by atoms with Gasteiger partial charge < -0.3 is 14.7 Å². The molecule has 0 unspecified atom stereocenters. The number of amides is 1. The Hall–Kier alpha value is -3.26. The van der Waals surface area contributed by atoms with Gasteiger partial charge in [-0.05, 0) is 31.8 Å². The summed E-state index contributed by atoms with van der Waals surface area (Å²) < 4.78 is 0. The largest absolute Gasteiger partial charge is 0.353 e. The van der Waals surface area contributed by atoms with E-state index in [9.17, 15) is 4.79 Å². The predicted molar refractivity (Wildman–Crippen MR) is 112 cm³/mol. The van der Waals surface area contributed by atoms with Crippen LogP contribution in [0.4, 0.5) is 5.82 Å². The number of piperazine rings is 1. The molecule has 1 aliphatic heterocycles. The number of nitrogens with one attached hydrogen (secondary N) is 1. The van der Waals surface area contributed by atoms with Crippen molar-refractivity contribution < 1.29 is 4.79 Å². The number of aromatic nitrogens is 4. The van der Waals surface area contributed by atoms with Gasteiger partial charge in [0.25, 0.3) is 5.91 Å². The lowest BCUT2D eigenvalue weighted by Gasteiger charge is -2.35. The van der Waals surface area contributed by atoms with Crippen molar-refractivity contribution in [3.05, 3.63) is 60.3 Å². The van der Waals surface area contributed by atoms with Gasteiger partial charge in [0, 0.05) is 62.4 Å². The Kier molecular flexibility index (Phi) is 5.53. The summed E-state index contributed by atoms with van der Waals surface area (Å²) in [6.45, 7) is 3.72. The molecule has 3 aromatic heterocycles. The molecule has 0 aliphatic carbocycles. The van der Waals surface area contributed by atoms with Gasteiger partial charge in [0.05, 0.1) is 6.20 Å². The van der Waals surface area contributed by atoms with E-state index in [1.165, 1.54) is 5.56 Å². The molecule has 8 nitrogen and oxygen atoms in total. The van der Waals surface area contributed by atoms with Gasteiger partial charge in [-0.2, -0.15) is 5.10 Å². The summed E-state index contributed by atoms with van der Waals surface area (Å²) in [5, 5.41) is 6.72. The van der Waals surface area contributed by atoms with E-state index in [-0.39, 0.29) is 5.91 Å². The molecule has 0 spiro atoms. The molecule has 1 amide bonds. The maximum Gasteiger partial charge on any atom is 0.272 e. The fraction of sp³-hybridized carbons (Fsp3) is 0.333. The molecule has 4 rings (SSSR count). The zero-order valence-corrected chi connectivity index (χ0v) is 16.7. The molecule has 4 heterocycles. The van der Waals surface area contributed by atoms with Crippen LogP contribution in [-0.4, -0.2) is 76.1 Å². The van der Waals surface area contributed by atoms with E-state index in [0.717, 1.165) is 36.6 Å². The molecule has 0 aromatic carbocycles. The second-order valence-electron chi connectivity index (χ2n) is 7.46. The third kappa shape index (κ3) is 4.43. The van der Waals surface area contributed by atoms with Crippen LogP contribution in [0.25, 0.3) is 11.1 Å². The molecular weight excluding hydrogens is 366 g/mol. The minimum atomic E-state index is -0.0299. The predicted octanol–water partition coefficient (Wildman–Crippen LogP) is 1.89. The Balaban J connectivity index is 1.35. The molecule has 0 bridgehead atoms. The van der Waals surface area contributed by atoms with Crippen molar-refractivity contribution in [2.75, 3.05) is 45.2 Å². The Bertz CT molecular complexity index is 928. The standard InChI is InChI=1S/C21H25N7O/c1-26(2)15-16-3-6-20(23-11-16)27-7-9-28(10-8-27)21(29)19-5-4-17(12-22-19)18-13-24-25-14-18/h3-6,11-14H,7-10,15H2,1-2H3,(H,24,25). The molecule has 1 fully saturated rings. The minimum absolute atomic E-state index is 0.0299. The van der Waals surface area contributed by atoms with Crippen LogP contribution < -0.4 is 4.90 Å². The second-order valence-corrected chi connectivity index (χ2v) is 7.46. The maximum atomic E-state index is 12.8. The van der Waals surface area contributed by atoms with E-state index >= 15 is 0 Å². The first-order valence-corrected chi connectivity index (χ1v) is 9.69. The molecular formula is C21H25N7O. The van der Waals surface area contributed by atoms with Crippen LogP contribution in [0.2, 0.25) is 0 Å². The summed E-state index contributed by atoms with van der Waals surface area (Å²) in [6.07, 6.45) is 7.18. The first kappa shape index (κ1) is 19.1. The number of hydrogen-bond donors (Lipinski definition) is 1. The molecule has 0 atom stereocenters. The molecule has 150 valence electrons. The normalized spacial score (nSPS) is 14.4. The fourth-order valence-electron chi connectivity index (χ4n) is 3.46. The van der Waals surface area contributed by atoms with Gasteiger partial charge in [0.15, 0.2) is 0 Å². The van der Waals surface area contributed by atoms with E-state index in [0.29, 0.717) is 18.8 Å². The number of aromatic amines is 1. The lowest BCUT2D eigenvalue weighted by atomic mass is 10.1. The smallest absolute Gasteiger partial charge is 0.272 e. The topological polar surface area (TPSA) is 81.2 Å². The van der Waals surface area contributed by atoms with Crippen molar-refractivity contribution in [3.8, 4) is 11.1 Å². The van der Waals surface area contributed by atoms with Crippen LogP contribution in [0.3, 0.4) is 0 Å². The van der Waals surface area contributed by atoms with Crippen LogP contribution >= 0.6 is 0 Å². The van der Waals surface area contributed by atoms with Crippen molar-refractivity contribution in [2.45, 2.75) is 6.54 Å². The van der Waals surface area contributed by atoms with E-state index in [1.807, 2.05) is 31.3 Å². The van der Waals surface area contributed by atoms with Gasteiger partial charge in [-0.15, -0.1) is 0 Å². The summed E-state index contributed by atoms with van der Waals surface area (Å²) in [4.78, 5) is 27.9. The lowest BCUT2D eigenvalue weighted by Crippen LogP contribution is -2.49. The zero-order valence-electron chi connectivity index (χ0n) is 16.7. The molecule has 1 N–H and O–H groups in total. The first-order chi connectivity index (χ1) is 14.1. The zero-order chi connectivity index (χ0) is 20.2. The minimum Gasteiger partial charge on any atom is -0.353 e. The molecule has 0 saturated carbocycles. The van der Waals surface area contributed by atoms with Crippen LogP contribution in [0.15, 0.2) is 49.1 Å². The quantitative estimate of drug-likeness (QED) is 0.715. The number of anilines is 1. The lowest BCUT2D eigenvalue weighted by molar-refractivity contribution is 0.0740. The van der Waals surface area contributed by atoms with Crippen LogP contribution in [0.5, 0.6) is 0 Å². The average molecular weight is 391 g/mol. The maximum absolute atomic E-state index is 12.8. The first-order valence-electron chi connectivity index (χ1n) is 9.69. The summed E-state index contributed by atoms with van der Waals surface area (Å²) >= 11 is 0. The van der Waals surface area contributed by atoms with Crippen molar-refractivity contribution >= 4 is 11.7 Å². The van der Waals surface area contributed by atoms with Crippen LogP contribution in [0, 0.1) is 0 Å². The van der Waals surface area contributed by atoms with Gasteiger partial charge in [-0.25, -0.2) is 4.98 Å². The summed E-state index contributed by atoms with van der Waals surface area (Å²) in [6, 6.07) is 7.86. The number of hydrogen-bond acceptors (Lipinski definition) is 6. The molecule has 1 aliphatic rings. The van der Waals surface area contributed by atoms with Crippen molar-refractivity contribution in [1.29, 1.82) is 0 Å². The average Bonchev–Trinajstić information content (AvgIpc) is 3.29. The Labute approximate surface area is 170 Å². The van der Waals surface area contributed by atoms with Gasteiger partial charge >= 0.3 is 0 Å². The molecule has 0 radical (unpaired) electrons. The third-order valence-electron chi connectivity index (χ3n) is 5.01. The second kappa shape index (κ2) is 8.40. The summed E-state index contributed by atoms with van der Waals surface area (Å²) in [5.74, 6) is 0.930. The molecule has 3 aromatic rings. The van der Waals surface area contributed by atoms with Crippen molar-refractivity contribution in [1.82, 2.24) is 30.0 Å². The number of carbonyl (C=O) groups excluding carboxylic acids is 1. The molecule has 8 heteroatoms. The highest BCUT2D eigenvalue weighted by molar-refractivity contribution is 5.92. The molecule has 29 heavy (non-hydrogen) atoms. The third-order valence-corrected chi connectivity index (χ3v) is 5.01. The number of nitrogens with zero attached hydrogens (tertiary/aromatic N) is 6. The monoisotopic (exact) mass is 391 g/mol. The van der Waals surface area contributed by atoms with Gasteiger partial charge in [-0.3, -0.25) is 14.9 Å². The van der Waals surface area contributed by atoms with E-state index in [4.69, 9.17) is 0 Å². The number of pyridine rings is 2. The van der Waals surface area contributed by atoms with Crippen LogP contribution in [0.1, 0.15) is 16.1 Å². The van der Waals surface area contributed by atoms with E-state index in [2.05, 4.69) is 42.1 Å². The SMILES string of the molecule is CN(C)Cc1ccc(N2CCN(C(=O)c3ccc(-c4cn[nH]c4)cn3)CC2)nc1. The van der Waals surface area contributed by atoms with Crippen LogP contribution in [-0.2, 0) is 6.54 Å². The highest BCUT2D eigenvalue weighted by Gasteiger charge is 2.23. The Morgan fingerprint density at radius 1 is 1.00 bits per heavy atom. The highest BCUT2D eigenvalue weighted by Crippen LogP contribution is 2.18. The van der Waals surface area contributed by atoms with Crippen molar-refractivity contribution in [3.63, 3.8) is 0 Å². The summed E-state index contributed by atoms with van der Waals surface area (Å²) in [5.41, 5.74) is 3.55. The van der Waals surface area contributed by atoms with E-state index < -0.39 is 0 Å².